The van der Waals surface area contributed by atoms with E-state index in [-0.39, 0.29) is 0 Å². The Labute approximate surface area is 128 Å². The maximum Gasteiger partial charge on any atom is 0.123 e. The van der Waals surface area contributed by atoms with E-state index in [1.54, 1.807) is 7.11 Å². The van der Waals surface area contributed by atoms with Crippen molar-refractivity contribution in [3.63, 3.8) is 0 Å². The van der Waals surface area contributed by atoms with Crippen molar-refractivity contribution < 1.29 is 9.47 Å². The van der Waals surface area contributed by atoms with E-state index in [0.29, 0.717) is 0 Å². The van der Waals surface area contributed by atoms with Crippen molar-refractivity contribution in [3.8, 4) is 11.5 Å². The van der Waals surface area contributed by atoms with Crippen molar-refractivity contribution in [1.29, 1.82) is 0 Å². The first kappa shape index (κ1) is 15.9. The van der Waals surface area contributed by atoms with Crippen LogP contribution in [-0.2, 0) is 6.42 Å². The second-order valence-electron chi connectivity index (χ2n) is 5.57. The fraction of sp³-hybridized carbons (Fsp3) is 0.556. The van der Waals surface area contributed by atoms with Gasteiger partial charge in [0.15, 0.2) is 0 Å². The monoisotopic (exact) mass is 289 g/mol. The number of nitrogens with zero attached hydrogens (tertiary/aromatic N) is 1. The number of ether oxygens (including phenoxy) is 2. The normalized spacial score (nSPS) is 15.1. The third-order valence-corrected chi connectivity index (χ3v) is 3.96. The third-order valence-electron chi connectivity index (χ3n) is 3.96. The van der Waals surface area contributed by atoms with Gasteiger partial charge >= 0.3 is 0 Å². The number of allylic oxidation sites excluding steroid dienone is 1. The van der Waals surface area contributed by atoms with Gasteiger partial charge < -0.3 is 14.4 Å². The molecule has 0 aliphatic carbocycles. The first-order valence-electron chi connectivity index (χ1n) is 7.96. The summed E-state index contributed by atoms with van der Waals surface area (Å²) in [5, 5.41) is 0. The van der Waals surface area contributed by atoms with Crippen LogP contribution in [0.3, 0.4) is 0 Å². The number of hydrogen-bond donors (Lipinski definition) is 0. The van der Waals surface area contributed by atoms with Crippen LogP contribution < -0.4 is 9.47 Å². The van der Waals surface area contributed by atoms with E-state index in [9.17, 15) is 0 Å². The van der Waals surface area contributed by atoms with Gasteiger partial charge in [-0.1, -0.05) is 6.08 Å². The molecule has 0 saturated carbocycles. The number of likely N-dealkylation sites (tertiary alicyclic amines) is 1. The Morgan fingerprint density at radius 3 is 2.76 bits per heavy atom. The van der Waals surface area contributed by atoms with E-state index in [0.717, 1.165) is 36.5 Å². The number of unbranched alkanes of at least 4 members (excludes halogenated alkanes) is 1. The molecule has 2 rings (SSSR count). The largest absolute Gasteiger partial charge is 0.497 e. The van der Waals surface area contributed by atoms with Crippen LogP contribution in [0.4, 0.5) is 0 Å². The van der Waals surface area contributed by atoms with Gasteiger partial charge in [-0.3, -0.25) is 0 Å². The number of hydrogen-bond acceptors (Lipinski definition) is 3. The van der Waals surface area contributed by atoms with Crippen LogP contribution in [0.15, 0.2) is 30.9 Å². The maximum absolute atomic E-state index is 5.93. The van der Waals surface area contributed by atoms with Gasteiger partial charge in [-0.25, -0.2) is 0 Å². The minimum atomic E-state index is 0.782. The molecule has 1 aromatic rings. The topological polar surface area (TPSA) is 21.7 Å². The Morgan fingerprint density at radius 2 is 2.05 bits per heavy atom. The van der Waals surface area contributed by atoms with E-state index in [1.807, 2.05) is 24.3 Å². The molecule has 0 aromatic heterocycles. The van der Waals surface area contributed by atoms with Crippen molar-refractivity contribution in [2.45, 2.75) is 32.1 Å². The van der Waals surface area contributed by atoms with Crippen LogP contribution in [0, 0.1) is 0 Å². The molecule has 0 amide bonds. The second-order valence-corrected chi connectivity index (χ2v) is 5.57. The summed E-state index contributed by atoms with van der Waals surface area (Å²) in [7, 11) is 1.69. The summed E-state index contributed by atoms with van der Waals surface area (Å²) in [6.07, 6.45) is 7.76. The summed E-state index contributed by atoms with van der Waals surface area (Å²) in [5.74, 6) is 1.82. The lowest BCUT2D eigenvalue weighted by atomic mass is 10.1. The molecule has 0 radical (unpaired) electrons. The van der Waals surface area contributed by atoms with Crippen molar-refractivity contribution in [2.75, 3.05) is 33.4 Å². The molecule has 1 heterocycles. The van der Waals surface area contributed by atoms with Crippen molar-refractivity contribution in [1.82, 2.24) is 4.90 Å². The Hall–Kier alpha value is -1.48. The highest BCUT2D eigenvalue weighted by atomic mass is 16.5. The van der Waals surface area contributed by atoms with E-state index in [4.69, 9.17) is 9.47 Å². The number of methoxy groups -OCH3 is 1. The second kappa shape index (κ2) is 8.73. The van der Waals surface area contributed by atoms with Gasteiger partial charge in [0, 0.05) is 5.56 Å². The minimum Gasteiger partial charge on any atom is -0.497 e. The highest BCUT2D eigenvalue weighted by Gasteiger charge is 2.10. The number of benzene rings is 1. The Kier molecular flexibility index (Phi) is 6.61. The number of rotatable bonds is 9. The Balaban J connectivity index is 1.74. The van der Waals surface area contributed by atoms with E-state index in [2.05, 4.69) is 11.5 Å². The van der Waals surface area contributed by atoms with Crippen molar-refractivity contribution in [2.24, 2.45) is 0 Å². The molecular weight excluding hydrogens is 262 g/mol. The van der Waals surface area contributed by atoms with Crippen LogP contribution in [0.2, 0.25) is 0 Å². The summed E-state index contributed by atoms with van der Waals surface area (Å²) in [6.45, 7) is 8.36. The van der Waals surface area contributed by atoms with Crippen LogP contribution in [0.1, 0.15) is 31.2 Å². The zero-order valence-corrected chi connectivity index (χ0v) is 13.1. The summed E-state index contributed by atoms with van der Waals surface area (Å²) in [5.41, 5.74) is 1.14. The van der Waals surface area contributed by atoms with E-state index in [1.165, 1.54) is 38.9 Å². The maximum atomic E-state index is 5.93. The summed E-state index contributed by atoms with van der Waals surface area (Å²) in [4.78, 5) is 2.55. The van der Waals surface area contributed by atoms with Gasteiger partial charge in [0.1, 0.15) is 11.5 Å². The molecule has 1 aliphatic heterocycles. The summed E-state index contributed by atoms with van der Waals surface area (Å²) in [6, 6.07) is 5.98. The van der Waals surface area contributed by atoms with Crippen LogP contribution in [-0.4, -0.2) is 38.3 Å². The predicted octanol–water partition coefficient (Wildman–Crippen LogP) is 3.68. The van der Waals surface area contributed by atoms with Gasteiger partial charge in [-0.2, -0.15) is 0 Å². The van der Waals surface area contributed by atoms with Crippen molar-refractivity contribution >= 4 is 0 Å². The van der Waals surface area contributed by atoms with Crippen molar-refractivity contribution in [3.05, 3.63) is 36.4 Å². The molecule has 1 aliphatic rings. The lowest BCUT2D eigenvalue weighted by Crippen LogP contribution is -2.20. The molecule has 21 heavy (non-hydrogen) atoms. The minimum absolute atomic E-state index is 0.782. The fourth-order valence-electron chi connectivity index (χ4n) is 2.76. The molecule has 116 valence electrons. The smallest absolute Gasteiger partial charge is 0.123 e. The molecule has 1 saturated heterocycles. The first-order chi connectivity index (χ1) is 10.3. The molecule has 3 nitrogen and oxygen atoms in total. The van der Waals surface area contributed by atoms with E-state index >= 15 is 0 Å². The van der Waals surface area contributed by atoms with Gasteiger partial charge in [0.25, 0.3) is 0 Å². The SMILES string of the molecule is C=CCc1cc(OC)ccc1OCCCCN1CCCC1. The zero-order valence-electron chi connectivity index (χ0n) is 13.1. The Bertz CT molecular complexity index is 439. The highest BCUT2D eigenvalue weighted by Crippen LogP contribution is 2.25. The highest BCUT2D eigenvalue weighted by molar-refractivity contribution is 5.41. The first-order valence-corrected chi connectivity index (χ1v) is 7.96. The van der Waals surface area contributed by atoms with Gasteiger partial charge in [0.05, 0.1) is 13.7 Å². The molecule has 0 spiro atoms. The predicted molar refractivity (Wildman–Crippen MR) is 87.3 cm³/mol. The fourth-order valence-corrected chi connectivity index (χ4v) is 2.76. The van der Waals surface area contributed by atoms with Gasteiger partial charge in [-0.15, -0.1) is 6.58 Å². The summed E-state index contributed by atoms with van der Waals surface area (Å²) >= 11 is 0. The van der Waals surface area contributed by atoms with Crippen LogP contribution >= 0.6 is 0 Å². The standard InChI is InChI=1S/C18H27NO2/c1-3-8-16-15-17(20-2)9-10-18(16)21-14-7-6-13-19-11-4-5-12-19/h3,9-10,15H,1,4-8,11-14H2,2H3. The lowest BCUT2D eigenvalue weighted by Gasteiger charge is -2.15. The summed E-state index contributed by atoms with van der Waals surface area (Å²) < 4.78 is 11.2. The molecule has 3 heteroatoms. The Morgan fingerprint density at radius 1 is 1.24 bits per heavy atom. The van der Waals surface area contributed by atoms with Gasteiger partial charge in [-0.05, 0) is 69.9 Å². The zero-order chi connectivity index (χ0) is 14.9. The molecular formula is C18H27NO2. The van der Waals surface area contributed by atoms with Gasteiger partial charge in [0.2, 0.25) is 0 Å². The van der Waals surface area contributed by atoms with Crippen LogP contribution in [0.5, 0.6) is 11.5 Å². The average Bonchev–Trinajstić information content (AvgIpc) is 3.01. The molecule has 1 aromatic carbocycles. The molecule has 1 fully saturated rings. The van der Waals surface area contributed by atoms with Crippen LogP contribution in [0.25, 0.3) is 0 Å². The molecule has 0 atom stereocenters. The van der Waals surface area contributed by atoms with E-state index < -0.39 is 0 Å². The molecule has 0 N–H and O–H groups in total. The molecule has 0 bridgehead atoms. The lowest BCUT2D eigenvalue weighted by molar-refractivity contribution is 0.278. The third kappa shape index (κ3) is 5.09. The average molecular weight is 289 g/mol. The molecule has 0 unspecified atom stereocenters. The quantitative estimate of drug-likeness (QED) is 0.511.